The van der Waals surface area contributed by atoms with Crippen LogP contribution in [0.25, 0.3) is 0 Å². The minimum atomic E-state index is 0.625. The molecule has 1 heterocycles. The van der Waals surface area contributed by atoms with E-state index in [9.17, 15) is 0 Å². The van der Waals surface area contributed by atoms with Crippen LogP contribution in [0.5, 0.6) is 0 Å². The van der Waals surface area contributed by atoms with Crippen molar-refractivity contribution < 1.29 is 0 Å². The lowest BCUT2D eigenvalue weighted by Crippen LogP contribution is -2.46. The first kappa shape index (κ1) is 17.0. The van der Waals surface area contributed by atoms with Crippen LogP contribution in [0, 0.1) is 0 Å². The van der Waals surface area contributed by atoms with Crippen LogP contribution in [0.1, 0.15) is 52.5 Å². The summed E-state index contributed by atoms with van der Waals surface area (Å²) < 4.78 is 0. The second-order valence-electron chi connectivity index (χ2n) is 5.57. The molecule has 2 nitrogen and oxygen atoms in total. The van der Waals surface area contributed by atoms with Crippen LogP contribution in [-0.2, 0) is 0 Å². The summed E-state index contributed by atoms with van der Waals surface area (Å²) in [6, 6.07) is 9.12. The number of anilines is 1. The van der Waals surface area contributed by atoms with Crippen LogP contribution in [-0.4, -0.2) is 37.6 Å². The molecule has 1 saturated heterocycles. The standard InChI is InChI=1S/C16H26N2.C2H6/c1-4-9-17-10-12-18(13-11-17)16-7-5-15(6-8-16)14(2)3;1-2/h5-8,14H,4,9-13H2,1-3H3;1-2H3. The predicted octanol–water partition coefficient (Wildman–Crippen LogP) is 4.37. The van der Waals surface area contributed by atoms with Crippen molar-refractivity contribution in [3.05, 3.63) is 29.8 Å². The molecule has 0 aromatic heterocycles. The van der Waals surface area contributed by atoms with Crippen LogP contribution in [0.4, 0.5) is 5.69 Å². The topological polar surface area (TPSA) is 6.48 Å². The fraction of sp³-hybridized carbons (Fsp3) is 0.667. The molecule has 0 saturated carbocycles. The lowest BCUT2D eigenvalue weighted by molar-refractivity contribution is 0.258. The first-order valence-corrected chi connectivity index (χ1v) is 8.28. The Balaban J connectivity index is 0.000000956. The second-order valence-corrected chi connectivity index (χ2v) is 5.57. The van der Waals surface area contributed by atoms with Gasteiger partial charge in [0.1, 0.15) is 0 Å². The zero-order chi connectivity index (χ0) is 15.0. The molecule has 1 aliphatic heterocycles. The normalized spacial score (nSPS) is 16.0. The number of benzene rings is 1. The van der Waals surface area contributed by atoms with Gasteiger partial charge in [-0.2, -0.15) is 0 Å². The fourth-order valence-electron chi connectivity index (χ4n) is 2.62. The first-order valence-electron chi connectivity index (χ1n) is 8.28. The highest BCUT2D eigenvalue weighted by atomic mass is 15.3. The van der Waals surface area contributed by atoms with Gasteiger partial charge in [-0.05, 0) is 36.6 Å². The Kier molecular flexibility index (Phi) is 7.68. The predicted molar refractivity (Wildman–Crippen MR) is 90.8 cm³/mol. The van der Waals surface area contributed by atoms with Gasteiger partial charge < -0.3 is 4.90 Å². The fourth-order valence-corrected chi connectivity index (χ4v) is 2.62. The van der Waals surface area contributed by atoms with Gasteiger partial charge in [0, 0.05) is 31.9 Å². The third-order valence-electron chi connectivity index (χ3n) is 3.84. The van der Waals surface area contributed by atoms with Crippen molar-refractivity contribution in [3.8, 4) is 0 Å². The Morgan fingerprint density at radius 1 is 0.950 bits per heavy atom. The van der Waals surface area contributed by atoms with Crippen LogP contribution in [0.3, 0.4) is 0 Å². The summed E-state index contributed by atoms with van der Waals surface area (Å²) in [7, 11) is 0. The average molecular weight is 276 g/mol. The minimum absolute atomic E-state index is 0.625. The maximum Gasteiger partial charge on any atom is 0.0367 e. The van der Waals surface area contributed by atoms with Gasteiger partial charge in [0.2, 0.25) is 0 Å². The van der Waals surface area contributed by atoms with Crippen LogP contribution in [0.2, 0.25) is 0 Å². The van der Waals surface area contributed by atoms with Crippen molar-refractivity contribution in [1.82, 2.24) is 4.90 Å². The Morgan fingerprint density at radius 2 is 1.50 bits per heavy atom. The molecule has 1 fully saturated rings. The SMILES string of the molecule is CC.CCCN1CCN(c2ccc(C(C)C)cc2)CC1. The van der Waals surface area contributed by atoms with E-state index in [1.165, 1.54) is 50.4 Å². The van der Waals surface area contributed by atoms with Gasteiger partial charge in [-0.1, -0.05) is 46.8 Å². The first-order chi connectivity index (χ1) is 9.70. The van der Waals surface area contributed by atoms with Gasteiger partial charge in [0.25, 0.3) is 0 Å². The molecule has 0 unspecified atom stereocenters. The summed E-state index contributed by atoms with van der Waals surface area (Å²) >= 11 is 0. The zero-order valence-corrected chi connectivity index (χ0v) is 14.0. The maximum atomic E-state index is 2.57. The third kappa shape index (κ3) is 4.82. The molecule has 0 N–H and O–H groups in total. The lowest BCUT2D eigenvalue weighted by Gasteiger charge is -2.36. The van der Waals surface area contributed by atoms with E-state index >= 15 is 0 Å². The molecule has 1 aromatic carbocycles. The summed E-state index contributed by atoms with van der Waals surface area (Å²) in [4.78, 5) is 5.08. The molecule has 0 spiro atoms. The largest absolute Gasteiger partial charge is 0.369 e. The molecular weight excluding hydrogens is 244 g/mol. The highest BCUT2D eigenvalue weighted by molar-refractivity contribution is 5.48. The van der Waals surface area contributed by atoms with E-state index in [0.717, 1.165) is 0 Å². The number of nitrogens with zero attached hydrogens (tertiary/aromatic N) is 2. The molecule has 0 atom stereocenters. The maximum absolute atomic E-state index is 2.57. The highest BCUT2D eigenvalue weighted by Gasteiger charge is 2.16. The molecule has 1 aromatic rings. The van der Waals surface area contributed by atoms with E-state index in [1.54, 1.807) is 0 Å². The summed E-state index contributed by atoms with van der Waals surface area (Å²) in [5.74, 6) is 0.625. The second kappa shape index (κ2) is 9.02. The van der Waals surface area contributed by atoms with Gasteiger partial charge in [-0.3, -0.25) is 4.90 Å². The van der Waals surface area contributed by atoms with E-state index in [4.69, 9.17) is 0 Å². The Morgan fingerprint density at radius 3 is 1.95 bits per heavy atom. The monoisotopic (exact) mass is 276 g/mol. The molecule has 1 aliphatic rings. The molecule has 2 heteroatoms. The van der Waals surface area contributed by atoms with E-state index in [1.807, 2.05) is 13.8 Å². The summed E-state index contributed by atoms with van der Waals surface area (Å²) in [5.41, 5.74) is 2.82. The number of hydrogen-bond donors (Lipinski definition) is 0. The van der Waals surface area contributed by atoms with Crippen LogP contribution < -0.4 is 4.90 Å². The number of hydrogen-bond acceptors (Lipinski definition) is 2. The minimum Gasteiger partial charge on any atom is -0.369 e. The summed E-state index contributed by atoms with van der Waals surface area (Å²) in [6.07, 6.45) is 1.27. The smallest absolute Gasteiger partial charge is 0.0367 e. The molecular formula is C18H32N2. The Labute approximate surface area is 125 Å². The van der Waals surface area contributed by atoms with Crippen molar-refractivity contribution >= 4 is 5.69 Å². The molecule has 20 heavy (non-hydrogen) atoms. The molecule has 0 aliphatic carbocycles. The highest BCUT2D eigenvalue weighted by Crippen LogP contribution is 2.21. The number of rotatable bonds is 4. The molecule has 0 amide bonds. The van der Waals surface area contributed by atoms with E-state index in [-0.39, 0.29) is 0 Å². The summed E-state index contributed by atoms with van der Waals surface area (Å²) in [6.45, 7) is 16.8. The van der Waals surface area contributed by atoms with Gasteiger partial charge in [-0.15, -0.1) is 0 Å². The molecule has 2 rings (SSSR count). The van der Waals surface area contributed by atoms with Crippen molar-refractivity contribution in [3.63, 3.8) is 0 Å². The van der Waals surface area contributed by atoms with Crippen LogP contribution in [0.15, 0.2) is 24.3 Å². The van der Waals surface area contributed by atoms with E-state index in [0.29, 0.717) is 5.92 Å². The third-order valence-corrected chi connectivity index (χ3v) is 3.84. The number of piperazine rings is 1. The van der Waals surface area contributed by atoms with Gasteiger partial charge in [0.15, 0.2) is 0 Å². The van der Waals surface area contributed by atoms with E-state index in [2.05, 4.69) is 54.8 Å². The van der Waals surface area contributed by atoms with Gasteiger partial charge in [-0.25, -0.2) is 0 Å². The van der Waals surface area contributed by atoms with Crippen molar-refractivity contribution in [2.75, 3.05) is 37.6 Å². The van der Waals surface area contributed by atoms with Crippen molar-refractivity contribution in [2.45, 2.75) is 47.0 Å². The van der Waals surface area contributed by atoms with E-state index < -0.39 is 0 Å². The lowest BCUT2D eigenvalue weighted by atomic mass is 10.0. The van der Waals surface area contributed by atoms with Gasteiger partial charge in [0.05, 0.1) is 0 Å². The Hall–Kier alpha value is -1.02. The van der Waals surface area contributed by atoms with Gasteiger partial charge >= 0.3 is 0 Å². The average Bonchev–Trinajstić information content (AvgIpc) is 2.50. The van der Waals surface area contributed by atoms with Crippen LogP contribution >= 0.6 is 0 Å². The quantitative estimate of drug-likeness (QED) is 0.806. The molecule has 114 valence electrons. The molecule has 0 radical (unpaired) electrons. The molecule has 0 bridgehead atoms. The zero-order valence-electron chi connectivity index (χ0n) is 14.0. The van der Waals surface area contributed by atoms with Crippen molar-refractivity contribution in [2.24, 2.45) is 0 Å². The Bertz CT molecular complexity index is 348. The summed E-state index contributed by atoms with van der Waals surface area (Å²) in [5, 5.41) is 0. The van der Waals surface area contributed by atoms with Crippen molar-refractivity contribution in [1.29, 1.82) is 0 Å².